The van der Waals surface area contributed by atoms with Crippen LogP contribution in [0.1, 0.15) is 85.5 Å². The quantitative estimate of drug-likeness (QED) is 0.346. The summed E-state index contributed by atoms with van der Waals surface area (Å²) in [6.45, 7) is 16.6. The van der Waals surface area contributed by atoms with Gasteiger partial charge in [0.25, 0.3) is 0 Å². The molecular formula is C26H52N2O3. The zero-order valence-electron chi connectivity index (χ0n) is 21.1. The van der Waals surface area contributed by atoms with Crippen LogP contribution in [-0.2, 0) is 14.2 Å². The Kier molecular flexibility index (Phi) is 14.3. The molecule has 1 heterocycles. The highest BCUT2D eigenvalue weighted by Gasteiger charge is 2.29. The Morgan fingerprint density at radius 2 is 1.74 bits per heavy atom. The van der Waals surface area contributed by atoms with Crippen molar-refractivity contribution in [1.82, 2.24) is 10.2 Å². The molecule has 0 bridgehead atoms. The molecule has 0 aromatic heterocycles. The molecule has 1 N–H and O–H groups in total. The van der Waals surface area contributed by atoms with Crippen LogP contribution in [0.2, 0.25) is 0 Å². The molecule has 2 aliphatic rings. The van der Waals surface area contributed by atoms with Gasteiger partial charge in [0, 0.05) is 25.7 Å². The number of hydrogen-bond donors (Lipinski definition) is 1. The minimum absolute atomic E-state index is 0.338. The van der Waals surface area contributed by atoms with Crippen LogP contribution in [0.15, 0.2) is 0 Å². The third-order valence-corrected chi connectivity index (χ3v) is 7.01. The Hall–Kier alpha value is -0.200. The summed E-state index contributed by atoms with van der Waals surface area (Å²) in [6.07, 6.45) is 12.3. The van der Waals surface area contributed by atoms with E-state index in [1.807, 2.05) is 0 Å². The van der Waals surface area contributed by atoms with Gasteiger partial charge in [0.2, 0.25) is 0 Å². The highest BCUT2D eigenvalue weighted by atomic mass is 16.5. The maximum Gasteiger partial charge on any atom is 0.0628 e. The van der Waals surface area contributed by atoms with Gasteiger partial charge in [-0.2, -0.15) is 0 Å². The van der Waals surface area contributed by atoms with Gasteiger partial charge >= 0.3 is 0 Å². The second-order valence-corrected chi connectivity index (χ2v) is 10.2. The van der Waals surface area contributed by atoms with Crippen LogP contribution < -0.4 is 5.32 Å². The first-order valence-electron chi connectivity index (χ1n) is 13.4. The summed E-state index contributed by atoms with van der Waals surface area (Å²) >= 11 is 0. The van der Waals surface area contributed by atoms with E-state index in [-0.39, 0.29) is 0 Å². The smallest absolute Gasteiger partial charge is 0.0628 e. The second-order valence-electron chi connectivity index (χ2n) is 10.2. The molecular weight excluding hydrogens is 388 g/mol. The van der Waals surface area contributed by atoms with Crippen LogP contribution >= 0.6 is 0 Å². The molecule has 31 heavy (non-hydrogen) atoms. The predicted molar refractivity (Wildman–Crippen MR) is 130 cm³/mol. The molecule has 1 saturated heterocycles. The molecule has 5 nitrogen and oxygen atoms in total. The van der Waals surface area contributed by atoms with Gasteiger partial charge in [0.15, 0.2) is 0 Å². The minimum atomic E-state index is 0.338. The van der Waals surface area contributed by atoms with Crippen LogP contribution in [0.3, 0.4) is 0 Å². The van der Waals surface area contributed by atoms with E-state index in [1.165, 1.54) is 51.4 Å². The molecule has 1 aliphatic heterocycles. The molecule has 1 saturated carbocycles. The first kappa shape index (κ1) is 27.0. The van der Waals surface area contributed by atoms with Gasteiger partial charge in [-0.15, -0.1) is 0 Å². The molecule has 0 radical (unpaired) electrons. The fourth-order valence-electron chi connectivity index (χ4n) is 4.98. The highest BCUT2D eigenvalue weighted by molar-refractivity contribution is 4.83. The van der Waals surface area contributed by atoms with Gasteiger partial charge < -0.3 is 19.5 Å². The number of hydrogen-bond acceptors (Lipinski definition) is 5. The molecule has 2 fully saturated rings. The van der Waals surface area contributed by atoms with E-state index >= 15 is 0 Å². The van der Waals surface area contributed by atoms with Crippen molar-refractivity contribution < 1.29 is 14.2 Å². The lowest BCUT2D eigenvalue weighted by atomic mass is 9.93. The lowest BCUT2D eigenvalue weighted by Gasteiger charge is -2.39. The Bertz CT molecular complexity index is 423. The molecule has 2 unspecified atom stereocenters. The summed E-state index contributed by atoms with van der Waals surface area (Å²) in [4.78, 5) is 2.62. The molecule has 184 valence electrons. The van der Waals surface area contributed by atoms with Crippen LogP contribution in [0.4, 0.5) is 0 Å². The SMILES string of the molecule is CCCC(CNCCOC1CCCCC1)C(CO[C@@H](C)CCC(C)C)N1CCOCC1. The van der Waals surface area contributed by atoms with Crippen molar-refractivity contribution in [3.8, 4) is 0 Å². The van der Waals surface area contributed by atoms with E-state index in [9.17, 15) is 0 Å². The monoisotopic (exact) mass is 440 g/mol. The van der Waals surface area contributed by atoms with Gasteiger partial charge in [-0.1, -0.05) is 46.5 Å². The molecule has 1 aliphatic carbocycles. The number of rotatable bonds is 16. The molecule has 5 heteroatoms. The van der Waals surface area contributed by atoms with Crippen LogP contribution in [0.5, 0.6) is 0 Å². The predicted octanol–water partition coefficient (Wildman–Crippen LogP) is 4.88. The van der Waals surface area contributed by atoms with Crippen molar-refractivity contribution in [3.05, 3.63) is 0 Å². The average Bonchev–Trinajstić information content (AvgIpc) is 2.79. The molecule has 0 spiro atoms. The zero-order valence-corrected chi connectivity index (χ0v) is 21.1. The van der Waals surface area contributed by atoms with E-state index in [0.29, 0.717) is 24.2 Å². The lowest BCUT2D eigenvalue weighted by Crippen LogP contribution is -2.51. The van der Waals surface area contributed by atoms with Gasteiger partial charge in [-0.3, -0.25) is 4.90 Å². The van der Waals surface area contributed by atoms with Gasteiger partial charge in [0.1, 0.15) is 0 Å². The third kappa shape index (κ3) is 11.5. The van der Waals surface area contributed by atoms with E-state index in [4.69, 9.17) is 14.2 Å². The average molecular weight is 441 g/mol. The number of nitrogens with one attached hydrogen (secondary N) is 1. The van der Waals surface area contributed by atoms with Gasteiger partial charge in [-0.25, -0.2) is 0 Å². The topological polar surface area (TPSA) is 43.0 Å². The summed E-state index contributed by atoms with van der Waals surface area (Å²) in [5.74, 6) is 1.35. The summed E-state index contributed by atoms with van der Waals surface area (Å²) in [5.41, 5.74) is 0. The number of morpholine rings is 1. The number of nitrogens with zero attached hydrogens (tertiary/aromatic N) is 1. The molecule has 2 rings (SSSR count). The van der Waals surface area contributed by atoms with Crippen molar-refractivity contribution in [3.63, 3.8) is 0 Å². The van der Waals surface area contributed by atoms with E-state index in [0.717, 1.165) is 64.9 Å². The van der Waals surface area contributed by atoms with Crippen LogP contribution in [-0.4, -0.2) is 75.8 Å². The molecule has 0 aromatic rings. The van der Waals surface area contributed by atoms with Gasteiger partial charge in [0.05, 0.1) is 38.6 Å². The largest absolute Gasteiger partial charge is 0.379 e. The van der Waals surface area contributed by atoms with Crippen molar-refractivity contribution in [2.24, 2.45) is 11.8 Å². The number of ether oxygens (including phenoxy) is 3. The summed E-state index contributed by atoms with van der Waals surface area (Å²) in [7, 11) is 0. The first-order valence-corrected chi connectivity index (χ1v) is 13.4. The fraction of sp³-hybridized carbons (Fsp3) is 1.00. The normalized spacial score (nSPS) is 22.0. The van der Waals surface area contributed by atoms with E-state index in [2.05, 4.69) is 37.9 Å². The summed E-state index contributed by atoms with van der Waals surface area (Å²) in [6, 6.07) is 0.470. The molecule has 3 atom stereocenters. The van der Waals surface area contributed by atoms with Crippen molar-refractivity contribution in [2.45, 2.75) is 104 Å². The summed E-state index contributed by atoms with van der Waals surface area (Å²) < 4.78 is 18.2. The third-order valence-electron chi connectivity index (χ3n) is 7.01. The Labute approximate surface area is 193 Å². The van der Waals surface area contributed by atoms with Crippen LogP contribution in [0.25, 0.3) is 0 Å². The Morgan fingerprint density at radius 3 is 2.42 bits per heavy atom. The maximum atomic E-state index is 6.41. The van der Waals surface area contributed by atoms with Crippen molar-refractivity contribution in [2.75, 3.05) is 52.6 Å². The van der Waals surface area contributed by atoms with E-state index < -0.39 is 0 Å². The van der Waals surface area contributed by atoms with Gasteiger partial charge in [-0.05, 0) is 57.4 Å². The fourth-order valence-corrected chi connectivity index (χ4v) is 4.98. The molecule has 0 aromatic carbocycles. The minimum Gasteiger partial charge on any atom is -0.379 e. The Morgan fingerprint density at radius 1 is 1.00 bits per heavy atom. The lowest BCUT2D eigenvalue weighted by molar-refractivity contribution is -0.0458. The first-order chi connectivity index (χ1) is 15.1. The van der Waals surface area contributed by atoms with Crippen molar-refractivity contribution in [1.29, 1.82) is 0 Å². The summed E-state index contributed by atoms with van der Waals surface area (Å²) in [5, 5.41) is 3.72. The Balaban J connectivity index is 1.80. The van der Waals surface area contributed by atoms with E-state index in [1.54, 1.807) is 0 Å². The molecule has 0 amide bonds. The second kappa shape index (κ2) is 16.4. The standard InChI is InChI=1S/C26H52N2O3/c1-5-9-24(20-27-14-17-30-25-10-7-6-8-11-25)26(28-15-18-29-19-16-28)21-31-23(4)13-12-22(2)3/h22-27H,5-21H2,1-4H3/t23-,24?,26?/m0/s1. The maximum absolute atomic E-state index is 6.41. The van der Waals surface area contributed by atoms with Crippen LogP contribution in [0, 0.1) is 11.8 Å². The van der Waals surface area contributed by atoms with Crippen molar-refractivity contribution >= 4 is 0 Å². The zero-order chi connectivity index (χ0) is 22.3. The highest BCUT2D eigenvalue weighted by Crippen LogP contribution is 2.21.